The first-order valence-corrected chi connectivity index (χ1v) is 14.8. The maximum atomic E-state index is 12.6. The summed E-state index contributed by atoms with van der Waals surface area (Å²) in [4.78, 5) is 38.5. The highest BCUT2D eigenvalue weighted by Crippen LogP contribution is 2.27. The van der Waals surface area contributed by atoms with Crippen molar-refractivity contribution in [3.05, 3.63) is 47.7 Å². The normalized spacial score (nSPS) is 12.7. The molecule has 0 radical (unpaired) electrons. The highest BCUT2D eigenvalue weighted by atomic mass is 16.6. The van der Waals surface area contributed by atoms with Crippen molar-refractivity contribution in [3.8, 4) is 0 Å². The minimum absolute atomic E-state index is 0.0867. The topological polar surface area (TPSA) is 121 Å². The van der Waals surface area contributed by atoms with Gasteiger partial charge in [-0.3, -0.25) is 9.69 Å². The van der Waals surface area contributed by atoms with Gasteiger partial charge in [0.2, 0.25) is 0 Å². The highest BCUT2D eigenvalue weighted by molar-refractivity contribution is 5.88. The van der Waals surface area contributed by atoms with Crippen LogP contribution in [0, 0.1) is 0 Å². The molecule has 0 saturated heterocycles. The Morgan fingerprint density at radius 2 is 1.68 bits per heavy atom. The number of anilines is 1. The molecule has 0 bridgehead atoms. The van der Waals surface area contributed by atoms with E-state index in [1.807, 2.05) is 33.8 Å². The second-order valence-electron chi connectivity index (χ2n) is 11.0. The molecule has 3 heterocycles. The van der Waals surface area contributed by atoms with Crippen LogP contribution in [-0.2, 0) is 33.5 Å². The van der Waals surface area contributed by atoms with Crippen LogP contribution in [0.5, 0.6) is 0 Å². The zero-order valence-corrected chi connectivity index (χ0v) is 25.0. The highest BCUT2D eigenvalue weighted by Gasteiger charge is 2.28. The number of carbonyl (C=O) groups is 2. The van der Waals surface area contributed by atoms with E-state index in [1.165, 1.54) is 0 Å². The Morgan fingerprint density at radius 1 is 0.975 bits per heavy atom. The quantitative estimate of drug-likeness (QED) is 0.237. The van der Waals surface area contributed by atoms with Gasteiger partial charge in [-0.2, -0.15) is 0 Å². The number of nitrogens with zero attached hydrogens (tertiary/aromatic N) is 4. The third-order valence-electron chi connectivity index (χ3n) is 6.30. The number of hydrogen-bond donors (Lipinski definition) is 1. The number of ether oxygens (including phenoxy) is 2. The van der Waals surface area contributed by atoms with E-state index in [4.69, 9.17) is 20.2 Å². The molecule has 0 unspecified atom stereocenters. The molecule has 1 aliphatic heterocycles. The van der Waals surface area contributed by atoms with E-state index in [0.29, 0.717) is 26.1 Å². The van der Waals surface area contributed by atoms with Crippen LogP contribution in [0.25, 0.3) is 0 Å². The van der Waals surface area contributed by atoms with Gasteiger partial charge in [-0.1, -0.05) is 31.7 Å². The van der Waals surface area contributed by atoms with Gasteiger partial charge in [0.15, 0.2) is 0 Å². The van der Waals surface area contributed by atoms with Gasteiger partial charge in [-0.05, 0) is 90.5 Å². The Balaban J connectivity index is 0.000000469. The first-order valence-electron chi connectivity index (χ1n) is 14.8. The van der Waals surface area contributed by atoms with Crippen LogP contribution in [-0.4, -0.2) is 52.3 Å². The van der Waals surface area contributed by atoms with Gasteiger partial charge < -0.3 is 15.2 Å². The molecule has 0 atom stereocenters. The number of carbonyl (C=O) groups excluding carboxylic acids is 2. The Bertz CT molecular complexity index is 1010. The molecule has 9 nitrogen and oxygen atoms in total. The summed E-state index contributed by atoms with van der Waals surface area (Å²) in [6.45, 7) is 9.32. The van der Waals surface area contributed by atoms with E-state index in [0.717, 1.165) is 93.5 Å². The zero-order valence-electron chi connectivity index (χ0n) is 25.0. The molecule has 0 aliphatic carbocycles. The van der Waals surface area contributed by atoms with Crippen molar-refractivity contribution >= 4 is 17.9 Å². The number of unbranched alkanes of at least 4 members (excludes halogenated alkanes) is 5. The first kappa shape index (κ1) is 33.1. The van der Waals surface area contributed by atoms with E-state index in [2.05, 4.69) is 22.1 Å². The number of pyridine rings is 1. The smallest absolute Gasteiger partial charge is 0.416 e. The molecule has 0 fully saturated rings. The van der Waals surface area contributed by atoms with Gasteiger partial charge in [0.25, 0.3) is 0 Å². The maximum absolute atomic E-state index is 12.6. The summed E-state index contributed by atoms with van der Waals surface area (Å²) in [7, 11) is 0. The van der Waals surface area contributed by atoms with E-state index in [9.17, 15) is 9.59 Å². The number of hydrogen-bond acceptors (Lipinski definition) is 8. The van der Waals surface area contributed by atoms with E-state index >= 15 is 0 Å². The Hall–Kier alpha value is -3.07. The lowest BCUT2D eigenvalue weighted by Gasteiger charge is -2.31. The molecule has 0 aromatic carbocycles. The summed E-state index contributed by atoms with van der Waals surface area (Å²) >= 11 is 0. The zero-order chi connectivity index (χ0) is 29.2. The van der Waals surface area contributed by atoms with E-state index in [1.54, 1.807) is 17.3 Å². The number of amides is 1. The molecular weight excluding hydrogens is 506 g/mol. The van der Waals surface area contributed by atoms with Crippen molar-refractivity contribution < 1.29 is 19.1 Å². The van der Waals surface area contributed by atoms with Gasteiger partial charge in [-0.15, -0.1) is 0 Å². The lowest BCUT2D eigenvalue weighted by Crippen LogP contribution is -2.40. The SMILES string of the molecule is CCOC(=O)CCCCCCCCc1ccc2c(n1)N(C(=O)OC(C)(C)C)CCC2.NCCCc1ncccn1. The summed E-state index contributed by atoms with van der Waals surface area (Å²) in [5.74, 6) is 1.57. The van der Waals surface area contributed by atoms with Gasteiger partial charge in [0.1, 0.15) is 17.2 Å². The lowest BCUT2D eigenvalue weighted by molar-refractivity contribution is -0.143. The number of fused-ring (bicyclic) bond motifs is 1. The third kappa shape index (κ3) is 13.3. The minimum Gasteiger partial charge on any atom is -0.466 e. The molecule has 2 N–H and O–H groups in total. The van der Waals surface area contributed by atoms with Crippen LogP contribution in [0.1, 0.15) is 103 Å². The number of rotatable bonds is 13. The first-order chi connectivity index (χ1) is 19.2. The van der Waals surface area contributed by atoms with E-state index in [-0.39, 0.29) is 12.1 Å². The van der Waals surface area contributed by atoms with Crippen LogP contribution in [0.4, 0.5) is 10.6 Å². The van der Waals surface area contributed by atoms with Crippen molar-refractivity contribution in [2.24, 2.45) is 5.73 Å². The fourth-order valence-electron chi connectivity index (χ4n) is 4.35. The third-order valence-corrected chi connectivity index (χ3v) is 6.30. The fraction of sp³-hybridized carbons (Fsp3) is 0.645. The molecule has 222 valence electrons. The minimum atomic E-state index is -0.511. The predicted octanol–water partition coefficient (Wildman–Crippen LogP) is 5.97. The van der Waals surface area contributed by atoms with Crippen LogP contribution < -0.4 is 10.6 Å². The number of esters is 1. The largest absolute Gasteiger partial charge is 0.466 e. The monoisotopic (exact) mass is 555 g/mol. The van der Waals surface area contributed by atoms with Crippen molar-refractivity contribution in [2.45, 2.75) is 110 Å². The summed E-state index contributed by atoms with van der Waals surface area (Å²) in [5.41, 5.74) is 6.97. The fourth-order valence-corrected chi connectivity index (χ4v) is 4.35. The number of aromatic nitrogens is 3. The maximum Gasteiger partial charge on any atom is 0.416 e. The van der Waals surface area contributed by atoms with Crippen molar-refractivity contribution in [3.63, 3.8) is 0 Å². The van der Waals surface area contributed by atoms with Gasteiger partial charge in [0, 0.05) is 37.5 Å². The standard InChI is InChI=1S/C24H38N2O4.C7H11N3/c1-5-29-21(27)15-11-9-7-6-8-10-14-20-17-16-19-13-12-18-26(22(19)25-20)23(28)30-24(2,3)4;8-4-1-3-7-9-5-2-6-10-7/h16-17H,5-15,18H2,1-4H3;2,5-6H,1,3-4,8H2. The molecule has 2 aromatic rings. The summed E-state index contributed by atoms with van der Waals surface area (Å²) in [5, 5.41) is 0. The predicted molar refractivity (Wildman–Crippen MR) is 158 cm³/mol. The van der Waals surface area contributed by atoms with Crippen molar-refractivity contribution in [2.75, 3.05) is 24.6 Å². The van der Waals surface area contributed by atoms with Crippen molar-refractivity contribution in [1.29, 1.82) is 0 Å². The van der Waals surface area contributed by atoms with Crippen molar-refractivity contribution in [1.82, 2.24) is 15.0 Å². The van der Waals surface area contributed by atoms with E-state index < -0.39 is 5.60 Å². The average molecular weight is 556 g/mol. The molecule has 0 saturated carbocycles. The number of nitrogens with two attached hydrogens (primary N) is 1. The lowest BCUT2D eigenvalue weighted by atomic mass is 10.0. The van der Waals surface area contributed by atoms with Gasteiger partial charge in [-0.25, -0.2) is 19.7 Å². The summed E-state index contributed by atoms with van der Waals surface area (Å²) in [6, 6.07) is 6.02. The number of aryl methyl sites for hydroxylation is 3. The molecule has 1 amide bonds. The van der Waals surface area contributed by atoms with Gasteiger partial charge in [0.05, 0.1) is 6.61 Å². The molecule has 3 rings (SSSR count). The second-order valence-corrected chi connectivity index (χ2v) is 11.0. The molecule has 0 spiro atoms. The molecular formula is C31H49N5O4. The Morgan fingerprint density at radius 3 is 2.35 bits per heavy atom. The Kier molecular flexibility index (Phi) is 15.2. The van der Waals surface area contributed by atoms with Crippen LogP contribution in [0.3, 0.4) is 0 Å². The molecule has 40 heavy (non-hydrogen) atoms. The Labute approximate surface area is 240 Å². The summed E-state index contributed by atoms with van der Waals surface area (Å²) < 4.78 is 10.5. The average Bonchev–Trinajstić information content (AvgIpc) is 2.93. The second kappa shape index (κ2) is 18.3. The van der Waals surface area contributed by atoms with Crippen LogP contribution in [0.15, 0.2) is 30.6 Å². The molecule has 9 heteroatoms. The van der Waals surface area contributed by atoms with Crippen LogP contribution >= 0.6 is 0 Å². The summed E-state index contributed by atoms with van der Waals surface area (Å²) in [6.07, 6.45) is 14.9. The van der Waals surface area contributed by atoms with Crippen LogP contribution in [0.2, 0.25) is 0 Å². The van der Waals surface area contributed by atoms with Gasteiger partial charge >= 0.3 is 12.1 Å². The molecule has 1 aliphatic rings. The molecule has 2 aromatic heterocycles.